The van der Waals surface area contributed by atoms with Crippen molar-refractivity contribution in [2.45, 2.75) is 12.8 Å². The zero-order valence-electron chi connectivity index (χ0n) is 18.7. The minimum absolute atomic E-state index is 0.0366. The van der Waals surface area contributed by atoms with Crippen molar-refractivity contribution in [3.63, 3.8) is 0 Å². The van der Waals surface area contributed by atoms with Crippen LogP contribution < -0.4 is 15.4 Å². The number of pyridine rings is 1. The molecule has 0 atom stereocenters. The van der Waals surface area contributed by atoms with E-state index in [1.54, 1.807) is 33.8 Å². The summed E-state index contributed by atoms with van der Waals surface area (Å²) in [5, 5.41) is 0.586. The molecule has 0 fully saturated rings. The Bertz CT molecular complexity index is 1580. The van der Waals surface area contributed by atoms with Crippen LogP contribution in [-0.2, 0) is 17.6 Å². The van der Waals surface area contributed by atoms with Gasteiger partial charge in [0.1, 0.15) is 29.3 Å². The van der Waals surface area contributed by atoms with E-state index < -0.39 is 5.82 Å². The van der Waals surface area contributed by atoms with Crippen LogP contribution in [0.2, 0.25) is 0 Å². The van der Waals surface area contributed by atoms with Crippen molar-refractivity contribution in [1.82, 2.24) is 19.4 Å². The molecule has 9 heteroatoms. The molecule has 0 saturated carbocycles. The number of para-hydroxylation sites is 2. The SMILES string of the molecule is Nc1nc2c(F)cccc2c2nc(Cc3cccc4c3OCCN4C(=O)Cc3ccccn3)cn12. The number of halogens is 1. The van der Waals surface area contributed by atoms with Gasteiger partial charge in [-0.1, -0.05) is 24.3 Å². The van der Waals surface area contributed by atoms with Crippen LogP contribution in [0.3, 0.4) is 0 Å². The van der Waals surface area contributed by atoms with E-state index in [0.717, 1.165) is 22.6 Å². The number of aromatic nitrogens is 4. The van der Waals surface area contributed by atoms with Gasteiger partial charge in [0.2, 0.25) is 11.9 Å². The van der Waals surface area contributed by atoms with Crippen LogP contribution in [-0.4, -0.2) is 38.4 Å². The van der Waals surface area contributed by atoms with Crippen molar-refractivity contribution in [2.24, 2.45) is 0 Å². The summed E-state index contributed by atoms with van der Waals surface area (Å²) < 4.78 is 21.9. The normalized spacial score (nSPS) is 13.1. The van der Waals surface area contributed by atoms with Crippen LogP contribution in [0.1, 0.15) is 17.0 Å². The average molecular weight is 468 g/mol. The molecule has 174 valence electrons. The fourth-order valence-electron chi connectivity index (χ4n) is 4.51. The van der Waals surface area contributed by atoms with Gasteiger partial charge in [0.15, 0.2) is 0 Å². The lowest BCUT2D eigenvalue weighted by molar-refractivity contribution is -0.118. The predicted molar refractivity (Wildman–Crippen MR) is 130 cm³/mol. The highest BCUT2D eigenvalue weighted by Crippen LogP contribution is 2.36. The van der Waals surface area contributed by atoms with E-state index in [9.17, 15) is 9.18 Å². The molecule has 6 rings (SSSR count). The molecule has 2 N–H and O–H groups in total. The highest BCUT2D eigenvalue weighted by Gasteiger charge is 2.26. The first kappa shape index (κ1) is 21.0. The van der Waals surface area contributed by atoms with E-state index >= 15 is 0 Å². The van der Waals surface area contributed by atoms with Gasteiger partial charge < -0.3 is 15.4 Å². The van der Waals surface area contributed by atoms with E-state index in [2.05, 4.69) is 9.97 Å². The lowest BCUT2D eigenvalue weighted by Gasteiger charge is -2.31. The van der Waals surface area contributed by atoms with E-state index in [1.807, 2.05) is 36.4 Å². The van der Waals surface area contributed by atoms with E-state index in [1.165, 1.54) is 6.07 Å². The maximum Gasteiger partial charge on any atom is 0.233 e. The van der Waals surface area contributed by atoms with Gasteiger partial charge in [0, 0.05) is 35.5 Å². The number of nitrogens with two attached hydrogens (primary N) is 1. The van der Waals surface area contributed by atoms with Gasteiger partial charge in [-0.25, -0.2) is 14.4 Å². The second-order valence-corrected chi connectivity index (χ2v) is 8.37. The highest BCUT2D eigenvalue weighted by molar-refractivity contribution is 5.97. The monoisotopic (exact) mass is 468 g/mol. The number of nitrogens with zero attached hydrogens (tertiary/aromatic N) is 5. The maximum atomic E-state index is 14.3. The number of carbonyl (C=O) groups is 1. The smallest absolute Gasteiger partial charge is 0.233 e. The lowest BCUT2D eigenvalue weighted by atomic mass is 10.1. The molecule has 0 bridgehead atoms. The first-order chi connectivity index (χ1) is 17.1. The lowest BCUT2D eigenvalue weighted by Crippen LogP contribution is -2.39. The third kappa shape index (κ3) is 3.71. The van der Waals surface area contributed by atoms with Crippen molar-refractivity contribution in [2.75, 3.05) is 23.8 Å². The standard InChI is InChI=1S/C26H21FN6O2/c27-20-8-4-7-19-23(20)31-26(28)33-15-18(30-25(19)33)13-16-5-3-9-21-24(16)35-12-11-32(21)22(34)14-17-6-1-2-10-29-17/h1-10,15H,11-14H2,(H2,28,31). The molecule has 35 heavy (non-hydrogen) atoms. The van der Waals surface area contributed by atoms with Gasteiger partial charge in [-0.05, 0) is 30.3 Å². The number of imidazole rings is 1. The average Bonchev–Trinajstić information content (AvgIpc) is 3.30. The molecule has 0 saturated heterocycles. The molecule has 8 nitrogen and oxygen atoms in total. The van der Waals surface area contributed by atoms with Crippen LogP contribution in [0.25, 0.3) is 16.6 Å². The fraction of sp³-hybridized carbons (Fsp3) is 0.154. The van der Waals surface area contributed by atoms with E-state index in [0.29, 0.717) is 36.4 Å². The second-order valence-electron chi connectivity index (χ2n) is 8.37. The molecule has 0 spiro atoms. The predicted octanol–water partition coefficient (Wildman–Crippen LogP) is 3.56. The van der Waals surface area contributed by atoms with Crippen LogP contribution in [0, 0.1) is 5.82 Å². The van der Waals surface area contributed by atoms with Crippen LogP contribution in [0.15, 0.2) is 67.0 Å². The van der Waals surface area contributed by atoms with E-state index in [4.69, 9.17) is 15.5 Å². The van der Waals surface area contributed by atoms with Crippen molar-refractivity contribution in [3.8, 4) is 5.75 Å². The molecule has 0 unspecified atom stereocenters. The van der Waals surface area contributed by atoms with Crippen LogP contribution in [0.4, 0.5) is 16.0 Å². The molecule has 1 aliphatic heterocycles. The summed E-state index contributed by atoms with van der Waals surface area (Å²) in [5.41, 5.74) is 9.90. The number of nitrogen functional groups attached to an aromatic ring is 1. The Labute approximate surface area is 199 Å². The Morgan fingerprint density at radius 1 is 1.06 bits per heavy atom. The van der Waals surface area contributed by atoms with Gasteiger partial charge in [-0.15, -0.1) is 0 Å². The molecule has 4 heterocycles. The first-order valence-corrected chi connectivity index (χ1v) is 11.2. The summed E-state index contributed by atoms with van der Waals surface area (Å²) in [4.78, 5) is 28.0. The van der Waals surface area contributed by atoms with Crippen molar-refractivity contribution in [3.05, 3.63) is 89.8 Å². The Morgan fingerprint density at radius 3 is 2.80 bits per heavy atom. The zero-order valence-corrected chi connectivity index (χ0v) is 18.7. The van der Waals surface area contributed by atoms with Crippen LogP contribution >= 0.6 is 0 Å². The van der Waals surface area contributed by atoms with Crippen molar-refractivity contribution in [1.29, 1.82) is 0 Å². The summed E-state index contributed by atoms with van der Waals surface area (Å²) >= 11 is 0. The number of benzene rings is 2. The Morgan fingerprint density at radius 2 is 1.94 bits per heavy atom. The number of carbonyl (C=O) groups excluding carboxylic acids is 1. The fourth-order valence-corrected chi connectivity index (χ4v) is 4.51. The largest absolute Gasteiger partial charge is 0.489 e. The zero-order chi connectivity index (χ0) is 23.9. The summed E-state index contributed by atoms with van der Waals surface area (Å²) in [5.74, 6) is 0.342. The molecule has 1 amide bonds. The van der Waals surface area contributed by atoms with Gasteiger partial charge in [-0.3, -0.25) is 14.2 Å². The Balaban J connectivity index is 1.34. The van der Waals surface area contributed by atoms with Gasteiger partial charge in [-0.2, -0.15) is 0 Å². The van der Waals surface area contributed by atoms with E-state index in [-0.39, 0.29) is 23.8 Å². The number of ether oxygens (including phenoxy) is 1. The highest BCUT2D eigenvalue weighted by atomic mass is 19.1. The van der Waals surface area contributed by atoms with Crippen molar-refractivity contribution >= 4 is 34.1 Å². The maximum absolute atomic E-state index is 14.3. The molecule has 5 aromatic rings. The van der Waals surface area contributed by atoms with Crippen LogP contribution in [0.5, 0.6) is 5.75 Å². The van der Waals surface area contributed by atoms with Crippen molar-refractivity contribution < 1.29 is 13.9 Å². The Kier molecular flexibility index (Phi) is 5.02. The third-order valence-corrected chi connectivity index (χ3v) is 6.12. The number of hydrogen-bond donors (Lipinski definition) is 1. The molecule has 1 aliphatic rings. The summed E-state index contributed by atoms with van der Waals surface area (Å²) in [7, 11) is 0. The molecule has 0 aliphatic carbocycles. The number of anilines is 2. The summed E-state index contributed by atoms with van der Waals surface area (Å²) in [6, 6.07) is 16.0. The number of amides is 1. The second kappa shape index (κ2) is 8.35. The molecule has 3 aromatic heterocycles. The topological polar surface area (TPSA) is 98.6 Å². The minimum atomic E-state index is -0.442. The molecule has 0 radical (unpaired) electrons. The van der Waals surface area contributed by atoms with Gasteiger partial charge in [0.25, 0.3) is 0 Å². The Hall–Kier alpha value is -4.53. The molecular weight excluding hydrogens is 447 g/mol. The summed E-state index contributed by atoms with van der Waals surface area (Å²) in [6.07, 6.45) is 4.15. The summed E-state index contributed by atoms with van der Waals surface area (Å²) in [6.45, 7) is 0.861. The number of fused-ring (bicyclic) bond motifs is 4. The molecule has 2 aromatic carbocycles. The van der Waals surface area contributed by atoms with Gasteiger partial charge >= 0.3 is 0 Å². The quantitative estimate of drug-likeness (QED) is 0.433. The third-order valence-electron chi connectivity index (χ3n) is 6.12. The van der Waals surface area contributed by atoms with Gasteiger partial charge in [0.05, 0.1) is 24.3 Å². The number of hydrogen-bond acceptors (Lipinski definition) is 6. The minimum Gasteiger partial charge on any atom is -0.489 e. The molecular formula is C26H21FN6O2. The number of rotatable bonds is 4. The first-order valence-electron chi connectivity index (χ1n) is 11.2.